The Morgan fingerprint density at radius 3 is 0.952 bits per heavy atom. The van der Waals surface area contributed by atoms with Crippen molar-refractivity contribution >= 4 is 17.9 Å². The average Bonchev–Trinajstić information content (AvgIpc) is 2.98. The molecule has 0 aliphatic rings. The third-order valence-corrected chi connectivity index (χ3v) is 7.86. The monoisotopic (exact) mass is 597 g/mol. The molecule has 0 rings (SSSR count). The van der Waals surface area contributed by atoms with E-state index < -0.39 is 6.10 Å². The van der Waals surface area contributed by atoms with Crippen molar-refractivity contribution in [3.63, 3.8) is 0 Å². The second-order valence-corrected chi connectivity index (χ2v) is 12.2. The Kier molecular flexibility index (Phi) is 31.1. The van der Waals surface area contributed by atoms with Crippen LogP contribution in [-0.2, 0) is 28.6 Å². The maximum atomic E-state index is 12.4. The number of carbonyl (C=O) groups excluding carboxylic acids is 3. The fourth-order valence-electron chi connectivity index (χ4n) is 5.09. The maximum Gasteiger partial charge on any atom is 0.306 e. The SMILES string of the molecule is CCCCCCCCCCCCCCCCC(=O)OC[C@@H](COC(=O)CCCCCCC)OC(=O)CCCCCCC. The van der Waals surface area contributed by atoms with E-state index in [0.717, 1.165) is 70.6 Å². The van der Waals surface area contributed by atoms with E-state index >= 15 is 0 Å². The first-order valence-corrected chi connectivity index (χ1v) is 18.0. The highest BCUT2D eigenvalue weighted by molar-refractivity contribution is 5.71. The number of ether oxygens (including phenoxy) is 3. The van der Waals surface area contributed by atoms with Gasteiger partial charge < -0.3 is 14.2 Å². The van der Waals surface area contributed by atoms with Crippen LogP contribution < -0.4 is 0 Å². The van der Waals surface area contributed by atoms with Crippen molar-refractivity contribution in [1.29, 1.82) is 0 Å². The molecule has 1 atom stereocenters. The number of carbonyl (C=O) groups is 3. The summed E-state index contributed by atoms with van der Waals surface area (Å²) in [5, 5.41) is 0. The summed E-state index contributed by atoms with van der Waals surface area (Å²) in [5.41, 5.74) is 0. The molecular weight excluding hydrogens is 528 g/mol. The van der Waals surface area contributed by atoms with Crippen LogP contribution in [0.2, 0.25) is 0 Å². The topological polar surface area (TPSA) is 78.9 Å². The Hall–Kier alpha value is -1.59. The van der Waals surface area contributed by atoms with Gasteiger partial charge in [-0.2, -0.15) is 0 Å². The normalized spacial score (nSPS) is 11.8. The third kappa shape index (κ3) is 29.9. The smallest absolute Gasteiger partial charge is 0.306 e. The number of rotatable bonds is 32. The Morgan fingerprint density at radius 2 is 0.643 bits per heavy atom. The molecule has 0 aliphatic carbocycles. The minimum Gasteiger partial charge on any atom is -0.462 e. The molecule has 0 aromatic heterocycles. The van der Waals surface area contributed by atoms with Crippen molar-refractivity contribution in [2.45, 2.75) is 200 Å². The lowest BCUT2D eigenvalue weighted by molar-refractivity contribution is -0.167. The Morgan fingerprint density at radius 1 is 0.381 bits per heavy atom. The van der Waals surface area contributed by atoms with Crippen molar-refractivity contribution in [3.05, 3.63) is 0 Å². The van der Waals surface area contributed by atoms with E-state index in [4.69, 9.17) is 14.2 Å². The molecule has 0 aromatic carbocycles. The molecule has 6 nitrogen and oxygen atoms in total. The number of hydrogen-bond acceptors (Lipinski definition) is 6. The van der Waals surface area contributed by atoms with Gasteiger partial charge in [-0.15, -0.1) is 0 Å². The van der Waals surface area contributed by atoms with Crippen molar-refractivity contribution < 1.29 is 28.6 Å². The van der Waals surface area contributed by atoms with Gasteiger partial charge >= 0.3 is 17.9 Å². The van der Waals surface area contributed by atoms with Gasteiger partial charge in [0.2, 0.25) is 0 Å². The molecule has 0 saturated carbocycles. The van der Waals surface area contributed by atoms with Gasteiger partial charge in [0.1, 0.15) is 13.2 Å². The van der Waals surface area contributed by atoms with Crippen LogP contribution >= 0.6 is 0 Å². The van der Waals surface area contributed by atoms with Gasteiger partial charge in [0, 0.05) is 19.3 Å². The van der Waals surface area contributed by atoms with Crippen LogP contribution in [0.4, 0.5) is 0 Å². The Balaban J connectivity index is 4.13. The molecule has 248 valence electrons. The molecular formula is C36H68O6. The lowest BCUT2D eigenvalue weighted by atomic mass is 10.0. The predicted molar refractivity (Wildman–Crippen MR) is 173 cm³/mol. The van der Waals surface area contributed by atoms with Gasteiger partial charge in [0.25, 0.3) is 0 Å². The Labute approximate surface area is 259 Å². The molecule has 0 amide bonds. The molecule has 0 bridgehead atoms. The summed E-state index contributed by atoms with van der Waals surface area (Å²) in [6, 6.07) is 0. The summed E-state index contributed by atoms with van der Waals surface area (Å²) in [5.74, 6) is -0.896. The van der Waals surface area contributed by atoms with Crippen LogP contribution in [0, 0.1) is 0 Å². The number of unbranched alkanes of at least 4 members (excludes halogenated alkanes) is 21. The van der Waals surface area contributed by atoms with Crippen LogP contribution in [0.5, 0.6) is 0 Å². The fraction of sp³-hybridized carbons (Fsp3) is 0.917. The predicted octanol–water partition coefficient (Wildman–Crippen LogP) is 10.6. The number of esters is 3. The van der Waals surface area contributed by atoms with E-state index in [0.29, 0.717) is 19.3 Å². The molecule has 0 spiro atoms. The zero-order valence-electron chi connectivity index (χ0n) is 28.0. The zero-order valence-corrected chi connectivity index (χ0v) is 28.0. The maximum absolute atomic E-state index is 12.4. The first kappa shape index (κ1) is 40.4. The molecule has 0 aromatic rings. The molecule has 0 unspecified atom stereocenters. The van der Waals surface area contributed by atoms with Gasteiger partial charge in [0.15, 0.2) is 6.10 Å². The van der Waals surface area contributed by atoms with Gasteiger partial charge in [0.05, 0.1) is 0 Å². The van der Waals surface area contributed by atoms with Gasteiger partial charge in [-0.05, 0) is 19.3 Å². The largest absolute Gasteiger partial charge is 0.462 e. The third-order valence-electron chi connectivity index (χ3n) is 7.86. The van der Waals surface area contributed by atoms with Gasteiger partial charge in [-0.3, -0.25) is 14.4 Å². The molecule has 42 heavy (non-hydrogen) atoms. The van der Waals surface area contributed by atoms with E-state index in [1.54, 1.807) is 0 Å². The summed E-state index contributed by atoms with van der Waals surface area (Å²) in [4.78, 5) is 36.8. The van der Waals surface area contributed by atoms with Crippen molar-refractivity contribution in [1.82, 2.24) is 0 Å². The lowest BCUT2D eigenvalue weighted by Gasteiger charge is -2.18. The molecule has 0 N–H and O–H groups in total. The molecule has 0 fully saturated rings. The van der Waals surface area contributed by atoms with Gasteiger partial charge in [-0.1, -0.05) is 156 Å². The van der Waals surface area contributed by atoms with E-state index in [1.165, 1.54) is 83.5 Å². The summed E-state index contributed by atoms with van der Waals surface area (Å²) < 4.78 is 16.4. The summed E-state index contributed by atoms with van der Waals surface area (Å²) in [6.45, 7) is 6.45. The molecule has 0 heterocycles. The van der Waals surface area contributed by atoms with Crippen LogP contribution in [0.15, 0.2) is 0 Å². The van der Waals surface area contributed by atoms with Crippen molar-refractivity contribution in [3.8, 4) is 0 Å². The second-order valence-electron chi connectivity index (χ2n) is 12.2. The van der Waals surface area contributed by atoms with E-state index in [1.807, 2.05) is 0 Å². The lowest BCUT2D eigenvalue weighted by Crippen LogP contribution is -2.30. The molecule has 0 saturated heterocycles. The van der Waals surface area contributed by atoms with Gasteiger partial charge in [-0.25, -0.2) is 0 Å². The zero-order chi connectivity index (χ0) is 30.9. The standard InChI is InChI=1S/C36H68O6/c1-4-7-10-13-14-15-16-17-18-19-20-21-24-26-29-35(38)41-32-33(42-36(39)30-27-23-12-9-6-3)31-40-34(37)28-25-22-11-8-5-2/h33H,4-32H2,1-3H3/t33-/m1/s1. The highest BCUT2D eigenvalue weighted by Crippen LogP contribution is 2.14. The Bertz CT molecular complexity index is 620. The fourth-order valence-corrected chi connectivity index (χ4v) is 5.09. The van der Waals surface area contributed by atoms with E-state index in [2.05, 4.69) is 20.8 Å². The minimum atomic E-state index is -0.752. The molecule has 6 heteroatoms. The summed E-state index contributed by atoms with van der Waals surface area (Å²) in [7, 11) is 0. The summed E-state index contributed by atoms with van der Waals surface area (Å²) >= 11 is 0. The average molecular weight is 597 g/mol. The van der Waals surface area contributed by atoms with E-state index in [-0.39, 0.29) is 31.1 Å². The summed E-state index contributed by atoms with van der Waals surface area (Å²) in [6.07, 6.45) is 28.6. The highest BCUT2D eigenvalue weighted by Gasteiger charge is 2.19. The first-order valence-electron chi connectivity index (χ1n) is 18.0. The minimum absolute atomic E-state index is 0.0667. The first-order chi connectivity index (χ1) is 20.5. The van der Waals surface area contributed by atoms with Crippen molar-refractivity contribution in [2.24, 2.45) is 0 Å². The van der Waals surface area contributed by atoms with Crippen molar-refractivity contribution in [2.75, 3.05) is 13.2 Å². The quantitative estimate of drug-likeness (QED) is 0.0436. The highest BCUT2D eigenvalue weighted by atomic mass is 16.6. The molecule has 0 aliphatic heterocycles. The van der Waals surface area contributed by atoms with Crippen LogP contribution in [-0.4, -0.2) is 37.2 Å². The second kappa shape index (κ2) is 32.3. The van der Waals surface area contributed by atoms with Crippen LogP contribution in [0.3, 0.4) is 0 Å². The molecule has 0 radical (unpaired) electrons. The van der Waals surface area contributed by atoms with E-state index in [9.17, 15) is 14.4 Å². The van der Waals surface area contributed by atoms with Crippen LogP contribution in [0.25, 0.3) is 0 Å². The van der Waals surface area contributed by atoms with Crippen LogP contribution in [0.1, 0.15) is 194 Å². The number of hydrogen-bond donors (Lipinski definition) is 0.